The van der Waals surface area contributed by atoms with E-state index in [4.69, 9.17) is 28.4 Å². The minimum absolute atomic E-state index is 0.0357. The van der Waals surface area contributed by atoms with Crippen molar-refractivity contribution in [2.75, 3.05) is 26.4 Å². The number of rotatable bonds is 18. The number of carbonyl (C=O) groups is 2. The van der Waals surface area contributed by atoms with Crippen molar-refractivity contribution < 1.29 is 46.4 Å². The molecule has 4 aromatic rings. The van der Waals surface area contributed by atoms with Crippen molar-refractivity contribution >= 4 is 21.8 Å². The highest BCUT2D eigenvalue weighted by molar-refractivity contribution is 7.91. The number of benzene rings is 4. The first kappa shape index (κ1) is 34.3. The number of para-hydroxylation sites is 2. The van der Waals surface area contributed by atoms with Gasteiger partial charge in [0.1, 0.15) is 49.4 Å². The van der Waals surface area contributed by atoms with Gasteiger partial charge < -0.3 is 28.4 Å². The maximum Gasteiger partial charge on any atom is 0.330 e. The van der Waals surface area contributed by atoms with E-state index in [0.29, 0.717) is 23.0 Å². The molecule has 0 saturated heterocycles. The lowest BCUT2D eigenvalue weighted by atomic mass is 10.3. The molecular formula is C36H34O10S. The van der Waals surface area contributed by atoms with E-state index in [1.165, 1.54) is 48.5 Å². The summed E-state index contributed by atoms with van der Waals surface area (Å²) in [5.74, 6) is 0.702. The predicted octanol–water partition coefficient (Wildman–Crippen LogP) is 5.63. The maximum absolute atomic E-state index is 13.3. The van der Waals surface area contributed by atoms with Crippen molar-refractivity contribution in [3.63, 3.8) is 0 Å². The summed E-state index contributed by atoms with van der Waals surface area (Å²) in [5.41, 5.74) is 0. The SMILES string of the molecule is C=CC(=O)OC(COc1ccccc1)COc1ccc(S(=O)(=O)c2ccc(OCC(COc3ccccc3)OC(=O)C=C)cc2)cc1. The predicted molar refractivity (Wildman–Crippen MR) is 173 cm³/mol. The molecular weight excluding hydrogens is 624 g/mol. The molecule has 0 heterocycles. The van der Waals surface area contributed by atoms with Gasteiger partial charge in [-0.25, -0.2) is 18.0 Å². The smallest absolute Gasteiger partial charge is 0.330 e. The molecule has 11 heteroatoms. The third kappa shape index (κ3) is 10.8. The van der Waals surface area contributed by atoms with Gasteiger partial charge in [0.15, 0.2) is 12.2 Å². The van der Waals surface area contributed by atoms with Gasteiger partial charge in [-0.3, -0.25) is 0 Å². The van der Waals surface area contributed by atoms with Gasteiger partial charge in [-0.05, 0) is 72.8 Å². The van der Waals surface area contributed by atoms with E-state index in [1.807, 2.05) is 36.4 Å². The molecule has 10 nitrogen and oxygen atoms in total. The van der Waals surface area contributed by atoms with Crippen LogP contribution in [0.25, 0.3) is 0 Å². The van der Waals surface area contributed by atoms with Crippen LogP contribution in [0, 0.1) is 0 Å². The fraction of sp³-hybridized carbons (Fsp3) is 0.167. The van der Waals surface area contributed by atoms with Gasteiger partial charge >= 0.3 is 11.9 Å². The summed E-state index contributed by atoms with van der Waals surface area (Å²) in [6.45, 7) is 6.83. The number of sulfone groups is 1. The van der Waals surface area contributed by atoms with Crippen LogP contribution in [0.5, 0.6) is 23.0 Å². The third-order valence-electron chi connectivity index (χ3n) is 6.40. The van der Waals surface area contributed by atoms with Crippen molar-refractivity contribution in [3.8, 4) is 23.0 Å². The molecule has 0 saturated carbocycles. The molecule has 0 spiro atoms. The van der Waals surface area contributed by atoms with Crippen LogP contribution in [0.1, 0.15) is 0 Å². The number of hydrogen-bond acceptors (Lipinski definition) is 10. The van der Waals surface area contributed by atoms with Crippen LogP contribution >= 0.6 is 0 Å². The van der Waals surface area contributed by atoms with Gasteiger partial charge in [0.05, 0.1) is 9.79 Å². The standard InChI is InChI=1S/C36H34O10S/c1-3-35(37)45-31(23-41-27-11-7-5-8-12-27)25-43-29-15-19-33(20-16-29)47(39,40)34-21-17-30(18-22-34)44-26-32(46-36(38)4-2)24-42-28-13-9-6-10-14-28/h3-22,31-32H,1-2,23-26H2. The van der Waals surface area contributed by atoms with Gasteiger partial charge in [-0.15, -0.1) is 0 Å². The Hall–Kier alpha value is -5.55. The lowest BCUT2D eigenvalue weighted by molar-refractivity contribution is -0.147. The molecule has 0 aliphatic heterocycles. The van der Waals surface area contributed by atoms with E-state index in [2.05, 4.69) is 13.2 Å². The topological polar surface area (TPSA) is 124 Å². The Bertz CT molecular complexity index is 1580. The van der Waals surface area contributed by atoms with Gasteiger partial charge in [-0.2, -0.15) is 0 Å². The van der Waals surface area contributed by atoms with Crippen LogP contribution < -0.4 is 18.9 Å². The maximum atomic E-state index is 13.3. The van der Waals surface area contributed by atoms with Crippen molar-refractivity contribution in [1.82, 2.24) is 0 Å². The van der Waals surface area contributed by atoms with Crippen LogP contribution in [0.2, 0.25) is 0 Å². The zero-order valence-corrected chi connectivity index (χ0v) is 26.3. The molecule has 2 atom stereocenters. The Morgan fingerprint density at radius 2 is 0.809 bits per heavy atom. The Morgan fingerprint density at radius 1 is 0.511 bits per heavy atom. The van der Waals surface area contributed by atoms with Gasteiger partial charge in [0, 0.05) is 12.2 Å². The summed E-state index contributed by atoms with van der Waals surface area (Å²) in [4.78, 5) is 23.7. The molecule has 0 aromatic heterocycles. The first-order valence-electron chi connectivity index (χ1n) is 14.5. The van der Waals surface area contributed by atoms with Crippen LogP contribution in [0.4, 0.5) is 0 Å². The summed E-state index contributed by atoms with van der Waals surface area (Å²) >= 11 is 0. The highest BCUT2D eigenvalue weighted by atomic mass is 32.2. The molecule has 0 bridgehead atoms. The number of ether oxygens (including phenoxy) is 6. The van der Waals surface area contributed by atoms with Crippen LogP contribution in [0.3, 0.4) is 0 Å². The third-order valence-corrected chi connectivity index (χ3v) is 8.18. The number of carbonyl (C=O) groups excluding carboxylic acids is 2. The summed E-state index contributed by atoms with van der Waals surface area (Å²) < 4.78 is 60.1. The minimum atomic E-state index is -3.86. The molecule has 244 valence electrons. The second-order valence-electron chi connectivity index (χ2n) is 9.84. The molecule has 4 rings (SSSR count). The highest BCUT2D eigenvalue weighted by Crippen LogP contribution is 2.25. The molecule has 0 fully saturated rings. The largest absolute Gasteiger partial charge is 0.490 e. The zero-order chi connectivity index (χ0) is 33.5. The fourth-order valence-corrected chi connectivity index (χ4v) is 5.27. The van der Waals surface area contributed by atoms with E-state index in [-0.39, 0.29) is 36.2 Å². The first-order chi connectivity index (χ1) is 22.8. The average molecular weight is 659 g/mol. The summed E-state index contributed by atoms with van der Waals surface area (Å²) in [6, 6.07) is 29.8. The van der Waals surface area contributed by atoms with Gasteiger partial charge in [0.25, 0.3) is 0 Å². The quantitative estimate of drug-likeness (QED) is 0.0982. The Labute approximate surface area is 273 Å². The lowest BCUT2D eigenvalue weighted by Crippen LogP contribution is -2.30. The fourth-order valence-electron chi connectivity index (χ4n) is 4.01. The molecule has 0 aliphatic carbocycles. The Morgan fingerprint density at radius 3 is 1.11 bits per heavy atom. The second-order valence-corrected chi connectivity index (χ2v) is 11.8. The zero-order valence-electron chi connectivity index (χ0n) is 25.4. The summed E-state index contributed by atoms with van der Waals surface area (Å²) in [6.07, 6.45) is 0.609. The minimum Gasteiger partial charge on any atom is -0.490 e. The van der Waals surface area contributed by atoms with E-state index < -0.39 is 34.0 Å². The molecule has 47 heavy (non-hydrogen) atoms. The average Bonchev–Trinajstić information content (AvgIpc) is 3.11. The van der Waals surface area contributed by atoms with Crippen LogP contribution in [-0.2, 0) is 28.9 Å². The van der Waals surface area contributed by atoms with Gasteiger partial charge in [0.2, 0.25) is 9.84 Å². The van der Waals surface area contributed by atoms with Crippen molar-refractivity contribution in [1.29, 1.82) is 0 Å². The molecule has 0 amide bonds. The monoisotopic (exact) mass is 658 g/mol. The van der Waals surface area contributed by atoms with Crippen molar-refractivity contribution in [2.24, 2.45) is 0 Å². The van der Waals surface area contributed by atoms with E-state index in [0.717, 1.165) is 12.2 Å². The molecule has 2 unspecified atom stereocenters. The highest BCUT2D eigenvalue weighted by Gasteiger charge is 2.20. The normalized spacial score (nSPS) is 12.1. The van der Waals surface area contributed by atoms with Crippen LogP contribution in [0.15, 0.2) is 144 Å². The van der Waals surface area contributed by atoms with E-state index >= 15 is 0 Å². The van der Waals surface area contributed by atoms with Crippen molar-refractivity contribution in [2.45, 2.75) is 22.0 Å². The Balaban J connectivity index is 1.33. The molecule has 0 aliphatic rings. The van der Waals surface area contributed by atoms with Crippen LogP contribution in [-0.4, -0.2) is 59.0 Å². The summed E-state index contributed by atoms with van der Waals surface area (Å²) in [5, 5.41) is 0. The van der Waals surface area contributed by atoms with Gasteiger partial charge in [-0.1, -0.05) is 49.6 Å². The number of hydrogen-bond donors (Lipinski definition) is 0. The number of esters is 2. The summed E-state index contributed by atoms with van der Waals surface area (Å²) in [7, 11) is -3.86. The Kier molecular flexibility index (Phi) is 12.6. The molecule has 4 aromatic carbocycles. The van der Waals surface area contributed by atoms with E-state index in [1.54, 1.807) is 24.3 Å². The van der Waals surface area contributed by atoms with E-state index in [9.17, 15) is 18.0 Å². The lowest BCUT2D eigenvalue weighted by Gasteiger charge is -2.19. The first-order valence-corrected chi connectivity index (χ1v) is 16.0. The molecule has 0 N–H and O–H groups in total. The second kappa shape index (κ2) is 17.2. The molecule has 0 radical (unpaired) electrons. The van der Waals surface area contributed by atoms with Crippen molar-refractivity contribution in [3.05, 3.63) is 135 Å².